The predicted molar refractivity (Wildman–Crippen MR) is 232 cm³/mol. The first kappa shape index (κ1) is 56.7. The number of hydrogen-bond acceptors (Lipinski definition) is 8. The fourth-order valence-corrected chi connectivity index (χ4v) is 5.90. The van der Waals surface area contributed by atoms with Gasteiger partial charge in [0.1, 0.15) is 29.6 Å². The zero-order valence-electron chi connectivity index (χ0n) is 35.7. The number of carbonyl (C=O) groups is 2. The van der Waals surface area contributed by atoms with Crippen molar-refractivity contribution in [2.24, 2.45) is 0 Å². The number of fused-ring (bicyclic) bond motifs is 4. The van der Waals surface area contributed by atoms with Gasteiger partial charge in [0, 0.05) is 122 Å². The normalized spacial score (nSPS) is 10.7. The van der Waals surface area contributed by atoms with E-state index in [-0.39, 0.29) is 99.5 Å². The average molecular weight is 947 g/mol. The van der Waals surface area contributed by atoms with E-state index in [4.69, 9.17) is 18.9 Å². The molecule has 58 heavy (non-hydrogen) atoms. The van der Waals surface area contributed by atoms with E-state index in [0.29, 0.717) is 18.6 Å². The summed E-state index contributed by atoms with van der Waals surface area (Å²) in [6, 6.07) is 31.0. The van der Waals surface area contributed by atoms with Gasteiger partial charge in [-0.1, -0.05) is 132 Å². The Kier molecular flexibility index (Phi) is 29.1. The van der Waals surface area contributed by atoms with Crippen molar-refractivity contribution in [3.8, 4) is 23.0 Å². The molecule has 4 N–H and O–H groups in total. The van der Waals surface area contributed by atoms with Gasteiger partial charge in [0.25, 0.3) is 0 Å². The molecule has 310 valence electrons. The van der Waals surface area contributed by atoms with E-state index in [0.717, 1.165) is 60.3 Å². The van der Waals surface area contributed by atoms with Crippen LogP contribution in [-0.2, 0) is 70.2 Å². The van der Waals surface area contributed by atoms with Gasteiger partial charge in [0.2, 0.25) is 5.91 Å². The Hall–Kier alpha value is -3.37. The first-order valence-corrected chi connectivity index (χ1v) is 18.4. The molecule has 0 aliphatic heterocycles. The van der Waals surface area contributed by atoms with Crippen molar-refractivity contribution in [1.82, 2.24) is 10.6 Å². The maximum atomic E-state index is 12.1. The van der Waals surface area contributed by atoms with Crippen LogP contribution in [0.4, 0.5) is 4.79 Å². The molecule has 6 rings (SSSR count). The molecule has 0 aliphatic carbocycles. The van der Waals surface area contributed by atoms with Gasteiger partial charge >= 0.3 is 6.09 Å². The minimum Gasteiger partial charge on any atom is -0.495 e. The van der Waals surface area contributed by atoms with Crippen molar-refractivity contribution in [3.63, 3.8) is 0 Å². The molecular formula is C46H60N2O8Y2-2. The van der Waals surface area contributed by atoms with Gasteiger partial charge in [-0.2, -0.15) is 0 Å². The Morgan fingerprint density at radius 2 is 0.897 bits per heavy atom. The average Bonchev–Trinajstić information content (AvgIpc) is 3.21. The number of nitrogens with one attached hydrogen (secondary N) is 2. The molecule has 2 atom stereocenters. The largest absolute Gasteiger partial charge is 0.495 e. The number of amides is 2. The molecule has 0 spiro atoms. The summed E-state index contributed by atoms with van der Waals surface area (Å²) >= 11 is 0. The Bertz CT molecular complexity index is 2020. The van der Waals surface area contributed by atoms with E-state index in [1.807, 2.05) is 132 Å². The molecule has 2 amide bonds. The van der Waals surface area contributed by atoms with Crippen LogP contribution in [0.25, 0.3) is 43.1 Å². The maximum Gasteiger partial charge on any atom is 0.414 e. The number of hydrogen-bond donors (Lipinski definition) is 4. The fourth-order valence-electron chi connectivity index (χ4n) is 5.90. The van der Waals surface area contributed by atoms with Crippen molar-refractivity contribution in [1.29, 1.82) is 0 Å². The van der Waals surface area contributed by atoms with Gasteiger partial charge in [-0.25, -0.2) is 4.79 Å². The maximum absolute atomic E-state index is 12.1. The van der Waals surface area contributed by atoms with Crippen molar-refractivity contribution in [2.45, 2.75) is 66.6 Å². The second-order valence-electron chi connectivity index (χ2n) is 11.6. The molecule has 0 saturated carbocycles. The second-order valence-corrected chi connectivity index (χ2v) is 11.6. The summed E-state index contributed by atoms with van der Waals surface area (Å²) in [5, 5.41) is 31.9. The first-order chi connectivity index (χ1) is 26.3. The van der Waals surface area contributed by atoms with E-state index in [9.17, 15) is 19.8 Å². The molecule has 2 unspecified atom stereocenters. The van der Waals surface area contributed by atoms with Gasteiger partial charge in [-0.3, -0.25) is 4.79 Å². The van der Waals surface area contributed by atoms with E-state index in [1.54, 1.807) is 14.2 Å². The fraction of sp³-hybridized carbons (Fsp3) is 0.304. The molecule has 10 nitrogen and oxygen atoms in total. The molecule has 12 heteroatoms. The standard InChI is InChI=1S/C21H24O4.C19H18N2O4.2C2H6.2CH3.2Y/c1-3-14(22)12-15(23)13-25-21-18-10-6-4-8-16(18)20(24-2)17-9-5-7-11-19(17)21;1-12(22)20-11-21-19(23)25-18-15-9-5-3-7-13(15)17(24-2)14-8-4-6-10-16(14)18;2*1-2;;;;/h4-11,14-15,22-23H,3,12-13H2,1-2H3;3-10H,11H2,1-2H3,(H,20,22)(H,21,23);2*1-2H3;2*1H3;;/q;;;;2*-1;;. The number of ether oxygens (including phenoxy) is 4. The summed E-state index contributed by atoms with van der Waals surface area (Å²) in [6.07, 6.45) is -0.944. The van der Waals surface area contributed by atoms with E-state index >= 15 is 0 Å². The van der Waals surface area contributed by atoms with Crippen molar-refractivity contribution < 1.29 is 104 Å². The minimum atomic E-state index is -0.713. The van der Waals surface area contributed by atoms with Gasteiger partial charge < -0.3 is 54.6 Å². The summed E-state index contributed by atoms with van der Waals surface area (Å²) in [4.78, 5) is 23.0. The summed E-state index contributed by atoms with van der Waals surface area (Å²) in [5.41, 5.74) is 0. The molecule has 2 radical (unpaired) electrons. The second kappa shape index (κ2) is 29.8. The van der Waals surface area contributed by atoms with Gasteiger partial charge in [-0.15, -0.1) is 0 Å². The number of carbonyl (C=O) groups excluding carboxylic acids is 2. The molecular weight excluding hydrogens is 886 g/mol. The van der Waals surface area contributed by atoms with Crippen molar-refractivity contribution in [2.75, 3.05) is 27.5 Å². The number of rotatable bonds is 11. The zero-order valence-corrected chi connectivity index (χ0v) is 41.4. The summed E-state index contributed by atoms with van der Waals surface area (Å²) < 4.78 is 22.8. The Labute approximate surface area is 395 Å². The number of methoxy groups -OCH3 is 2. The first-order valence-electron chi connectivity index (χ1n) is 18.4. The van der Waals surface area contributed by atoms with Crippen LogP contribution in [0.1, 0.15) is 54.4 Å². The van der Waals surface area contributed by atoms with Gasteiger partial charge in [0.15, 0.2) is 0 Å². The predicted octanol–water partition coefficient (Wildman–Crippen LogP) is 10.0. The number of benzene rings is 6. The van der Waals surface area contributed by atoms with Gasteiger partial charge in [-0.05, 0) is 6.42 Å². The molecule has 0 aliphatic rings. The van der Waals surface area contributed by atoms with Crippen LogP contribution in [0.15, 0.2) is 97.1 Å². The third-order valence-corrected chi connectivity index (χ3v) is 8.27. The van der Waals surface area contributed by atoms with E-state index in [1.165, 1.54) is 6.92 Å². The molecule has 0 aromatic heterocycles. The van der Waals surface area contributed by atoms with Crippen LogP contribution >= 0.6 is 0 Å². The summed E-state index contributed by atoms with van der Waals surface area (Å²) in [5.74, 6) is 2.50. The Morgan fingerprint density at radius 1 is 0.569 bits per heavy atom. The van der Waals surface area contributed by atoms with Crippen LogP contribution in [0, 0.1) is 14.9 Å². The molecule has 0 heterocycles. The van der Waals surface area contributed by atoms with Crippen LogP contribution in [0.5, 0.6) is 23.0 Å². The third kappa shape index (κ3) is 14.7. The Morgan fingerprint density at radius 3 is 1.21 bits per heavy atom. The summed E-state index contributed by atoms with van der Waals surface area (Å²) in [7, 11) is 3.29. The smallest absolute Gasteiger partial charge is 0.414 e. The molecule has 0 bridgehead atoms. The quantitative estimate of drug-likeness (QED) is 0.0573. The Balaban J connectivity index is 0. The molecule has 6 aromatic carbocycles. The van der Waals surface area contributed by atoms with Crippen molar-refractivity contribution in [3.05, 3.63) is 112 Å². The van der Waals surface area contributed by atoms with E-state index in [2.05, 4.69) is 10.6 Å². The summed E-state index contributed by atoms with van der Waals surface area (Å²) in [6.45, 7) is 11.4. The molecule has 0 saturated heterocycles. The van der Waals surface area contributed by atoms with Crippen LogP contribution in [0.2, 0.25) is 0 Å². The SMILES string of the molecule is CC.CC.CCC(O)CC(O)COc1c2ccccc2c(OC)c2ccccc12.COc1c2ccccc2c(OC(=O)NCNC(C)=O)c2ccccc12.[CH3-].[CH3-].[Y].[Y]. The van der Waals surface area contributed by atoms with Crippen LogP contribution in [0.3, 0.4) is 0 Å². The monoisotopic (exact) mass is 946 g/mol. The van der Waals surface area contributed by atoms with Crippen molar-refractivity contribution >= 4 is 55.1 Å². The number of aliphatic hydroxyl groups excluding tert-OH is 2. The minimum absolute atomic E-state index is 0. The van der Waals surface area contributed by atoms with Crippen LogP contribution in [-0.4, -0.2) is 61.9 Å². The van der Waals surface area contributed by atoms with Gasteiger partial charge in [0.05, 0.1) is 33.1 Å². The number of aliphatic hydroxyl groups is 2. The molecule has 0 fully saturated rings. The third-order valence-electron chi connectivity index (χ3n) is 8.27. The van der Waals surface area contributed by atoms with Crippen LogP contribution < -0.4 is 29.6 Å². The van der Waals surface area contributed by atoms with E-state index < -0.39 is 18.3 Å². The topological polar surface area (TPSA) is 136 Å². The zero-order chi connectivity index (χ0) is 39.6. The molecule has 6 aromatic rings.